The molecule has 0 fully saturated rings. The number of aliphatic imine (C=N–C) groups is 1. The maximum atomic E-state index is 5.54. The van der Waals surface area contributed by atoms with E-state index in [1.54, 1.807) is 0 Å². The number of rotatable bonds is 5. The third kappa shape index (κ3) is 3.88. The van der Waals surface area contributed by atoms with Crippen LogP contribution >= 0.6 is 0 Å². The molecular formula is C23H26N2O. The van der Waals surface area contributed by atoms with Gasteiger partial charge in [0.15, 0.2) is 0 Å². The summed E-state index contributed by atoms with van der Waals surface area (Å²) in [6.45, 7) is 11.1. The summed E-state index contributed by atoms with van der Waals surface area (Å²) >= 11 is 0. The van der Waals surface area contributed by atoms with E-state index in [1.807, 2.05) is 25.3 Å². The maximum absolute atomic E-state index is 5.54. The molecule has 0 bridgehead atoms. The first-order valence-electron chi connectivity index (χ1n) is 9.02. The van der Waals surface area contributed by atoms with Crippen LogP contribution in [0.15, 0.2) is 53.5 Å². The molecule has 0 saturated heterocycles. The Kier molecular flexibility index (Phi) is 5.27. The predicted molar refractivity (Wildman–Crippen MR) is 110 cm³/mol. The fourth-order valence-electron chi connectivity index (χ4n) is 3.34. The summed E-state index contributed by atoms with van der Waals surface area (Å²) in [5.41, 5.74) is 8.10. The van der Waals surface area contributed by atoms with Gasteiger partial charge in [-0.3, -0.25) is 4.99 Å². The maximum Gasteiger partial charge on any atom is 0.119 e. The Morgan fingerprint density at radius 3 is 2.19 bits per heavy atom. The third-order valence-corrected chi connectivity index (χ3v) is 4.44. The Morgan fingerprint density at radius 1 is 0.923 bits per heavy atom. The van der Waals surface area contributed by atoms with Gasteiger partial charge < -0.3 is 9.30 Å². The molecule has 0 aliphatic rings. The first-order valence-corrected chi connectivity index (χ1v) is 9.02. The van der Waals surface area contributed by atoms with Gasteiger partial charge in [0.05, 0.1) is 12.3 Å². The molecule has 0 radical (unpaired) electrons. The van der Waals surface area contributed by atoms with Crippen LogP contribution in [0.25, 0.3) is 5.69 Å². The lowest BCUT2D eigenvalue weighted by Gasteiger charge is -2.11. The van der Waals surface area contributed by atoms with Gasteiger partial charge in [-0.15, -0.1) is 0 Å². The molecule has 3 nitrogen and oxygen atoms in total. The molecule has 0 unspecified atom stereocenters. The smallest absolute Gasteiger partial charge is 0.119 e. The number of hydrogen-bond donors (Lipinski definition) is 0. The van der Waals surface area contributed by atoms with Crippen LogP contribution in [0, 0.1) is 27.7 Å². The first-order chi connectivity index (χ1) is 12.5. The second-order valence-corrected chi connectivity index (χ2v) is 6.69. The number of hydrogen-bond acceptors (Lipinski definition) is 2. The number of aromatic nitrogens is 1. The highest BCUT2D eigenvalue weighted by Crippen LogP contribution is 2.23. The molecule has 3 aromatic rings. The average Bonchev–Trinajstić information content (AvgIpc) is 2.87. The summed E-state index contributed by atoms with van der Waals surface area (Å²) in [6, 6.07) is 16.8. The lowest BCUT2D eigenvalue weighted by molar-refractivity contribution is 0.340. The van der Waals surface area contributed by atoms with Crippen molar-refractivity contribution in [3.8, 4) is 11.4 Å². The normalized spacial score (nSPS) is 11.3. The SMILES string of the molecule is CCOc1ccc(-n2c(C)cc(C=Nc3cc(C)cc(C)c3)c2C)cc1. The molecule has 26 heavy (non-hydrogen) atoms. The standard InChI is InChI=1S/C23H26N2O/c1-6-26-23-9-7-22(8-10-23)25-18(4)14-20(19(25)5)15-24-21-12-16(2)11-17(3)13-21/h7-15H,6H2,1-5H3. The predicted octanol–water partition coefficient (Wildman–Crippen LogP) is 5.86. The topological polar surface area (TPSA) is 26.5 Å². The number of aryl methyl sites for hydroxylation is 3. The van der Waals surface area contributed by atoms with E-state index in [9.17, 15) is 0 Å². The molecule has 1 heterocycles. The fraction of sp³-hybridized carbons (Fsp3) is 0.261. The zero-order chi connectivity index (χ0) is 18.7. The molecular weight excluding hydrogens is 320 g/mol. The van der Waals surface area contributed by atoms with Gasteiger partial charge in [-0.05, 0) is 88.2 Å². The van der Waals surface area contributed by atoms with Crippen molar-refractivity contribution in [1.82, 2.24) is 4.57 Å². The second kappa shape index (κ2) is 7.61. The number of ether oxygens (including phenoxy) is 1. The van der Waals surface area contributed by atoms with Gasteiger partial charge in [-0.25, -0.2) is 0 Å². The molecule has 0 saturated carbocycles. The van der Waals surface area contributed by atoms with E-state index in [2.05, 4.69) is 73.7 Å². The Labute approximate surface area is 156 Å². The molecule has 0 amide bonds. The van der Waals surface area contributed by atoms with Crippen molar-refractivity contribution in [2.75, 3.05) is 6.61 Å². The minimum Gasteiger partial charge on any atom is -0.494 e. The molecule has 3 heteroatoms. The lowest BCUT2D eigenvalue weighted by atomic mass is 10.1. The highest BCUT2D eigenvalue weighted by atomic mass is 16.5. The summed E-state index contributed by atoms with van der Waals surface area (Å²) in [6.07, 6.45) is 1.96. The summed E-state index contributed by atoms with van der Waals surface area (Å²) in [7, 11) is 0. The van der Waals surface area contributed by atoms with E-state index in [0.29, 0.717) is 6.61 Å². The number of nitrogens with zero attached hydrogens (tertiary/aromatic N) is 2. The zero-order valence-corrected chi connectivity index (χ0v) is 16.2. The van der Waals surface area contributed by atoms with Crippen LogP contribution in [0.2, 0.25) is 0 Å². The van der Waals surface area contributed by atoms with Crippen LogP contribution in [-0.2, 0) is 0 Å². The lowest BCUT2D eigenvalue weighted by Crippen LogP contribution is -2.00. The first kappa shape index (κ1) is 18.0. The molecule has 0 aliphatic heterocycles. The molecule has 134 valence electrons. The van der Waals surface area contributed by atoms with Gasteiger partial charge in [-0.2, -0.15) is 0 Å². The monoisotopic (exact) mass is 346 g/mol. The Morgan fingerprint density at radius 2 is 1.58 bits per heavy atom. The summed E-state index contributed by atoms with van der Waals surface area (Å²) in [5, 5.41) is 0. The van der Waals surface area contributed by atoms with E-state index in [1.165, 1.54) is 22.5 Å². The molecule has 1 aromatic heterocycles. The van der Waals surface area contributed by atoms with Crippen molar-refractivity contribution in [3.63, 3.8) is 0 Å². The van der Waals surface area contributed by atoms with E-state index in [4.69, 9.17) is 4.74 Å². The molecule has 0 atom stereocenters. The van der Waals surface area contributed by atoms with Gasteiger partial charge in [0.25, 0.3) is 0 Å². The summed E-state index contributed by atoms with van der Waals surface area (Å²) in [5.74, 6) is 0.898. The minimum absolute atomic E-state index is 0.681. The third-order valence-electron chi connectivity index (χ3n) is 4.44. The van der Waals surface area contributed by atoms with Crippen LogP contribution in [0.5, 0.6) is 5.75 Å². The van der Waals surface area contributed by atoms with Crippen molar-refractivity contribution in [1.29, 1.82) is 0 Å². The van der Waals surface area contributed by atoms with E-state index in [-0.39, 0.29) is 0 Å². The summed E-state index contributed by atoms with van der Waals surface area (Å²) < 4.78 is 7.79. The fourth-order valence-corrected chi connectivity index (χ4v) is 3.34. The summed E-state index contributed by atoms with van der Waals surface area (Å²) in [4.78, 5) is 4.69. The minimum atomic E-state index is 0.681. The quantitative estimate of drug-likeness (QED) is 0.531. The van der Waals surface area contributed by atoms with Gasteiger partial charge in [0, 0.05) is 28.9 Å². The van der Waals surface area contributed by atoms with Crippen LogP contribution in [-0.4, -0.2) is 17.4 Å². The van der Waals surface area contributed by atoms with Gasteiger partial charge >= 0.3 is 0 Å². The van der Waals surface area contributed by atoms with Crippen molar-refractivity contribution >= 4 is 11.9 Å². The van der Waals surface area contributed by atoms with Crippen LogP contribution < -0.4 is 4.74 Å². The molecule has 0 N–H and O–H groups in total. The Hall–Kier alpha value is -2.81. The molecule has 0 spiro atoms. The van der Waals surface area contributed by atoms with Gasteiger partial charge in [0.2, 0.25) is 0 Å². The van der Waals surface area contributed by atoms with E-state index < -0.39 is 0 Å². The van der Waals surface area contributed by atoms with E-state index in [0.717, 1.165) is 22.7 Å². The van der Waals surface area contributed by atoms with Gasteiger partial charge in [-0.1, -0.05) is 6.07 Å². The average molecular weight is 346 g/mol. The highest BCUT2D eigenvalue weighted by Gasteiger charge is 2.09. The van der Waals surface area contributed by atoms with Crippen LogP contribution in [0.1, 0.15) is 35.0 Å². The van der Waals surface area contributed by atoms with Crippen molar-refractivity contribution in [3.05, 3.63) is 76.6 Å². The Balaban J connectivity index is 1.91. The van der Waals surface area contributed by atoms with Crippen molar-refractivity contribution in [2.24, 2.45) is 4.99 Å². The molecule has 2 aromatic carbocycles. The zero-order valence-electron chi connectivity index (χ0n) is 16.2. The Bertz CT molecular complexity index is 913. The highest BCUT2D eigenvalue weighted by molar-refractivity contribution is 5.84. The second-order valence-electron chi connectivity index (χ2n) is 6.69. The molecule has 0 aliphatic carbocycles. The van der Waals surface area contributed by atoms with Crippen LogP contribution in [0.4, 0.5) is 5.69 Å². The van der Waals surface area contributed by atoms with Crippen LogP contribution in [0.3, 0.4) is 0 Å². The number of benzene rings is 2. The van der Waals surface area contributed by atoms with Gasteiger partial charge in [0.1, 0.15) is 5.75 Å². The van der Waals surface area contributed by atoms with Crippen molar-refractivity contribution in [2.45, 2.75) is 34.6 Å². The van der Waals surface area contributed by atoms with Crippen molar-refractivity contribution < 1.29 is 4.74 Å². The molecule has 3 rings (SSSR count). The van der Waals surface area contributed by atoms with E-state index >= 15 is 0 Å². The largest absolute Gasteiger partial charge is 0.494 e.